The van der Waals surface area contributed by atoms with Crippen LogP contribution >= 0.6 is 11.3 Å². The Balaban J connectivity index is 1.38. The normalized spacial score (nSPS) is 15.4. The average molecular weight is 420 g/mol. The highest BCUT2D eigenvalue weighted by Gasteiger charge is 2.26. The van der Waals surface area contributed by atoms with Crippen LogP contribution in [0.2, 0.25) is 0 Å². The third-order valence-corrected chi connectivity index (χ3v) is 6.66. The number of carbonyl (C=O) groups excluding carboxylic acids is 1. The van der Waals surface area contributed by atoms with Crippen LogP contribution in [0.4, 0.5) is 0 Å². The summed E-state index contributed by atoms with van der Waals surface area (Å²) in [7, 11) is 1.93. The van der Waals surface area contributed by atoms with Crippen molar-refractivity contribution < 1.29 is 4.79 Å². The number of hydrogen-bond donors (Lipinski definition) is 0. The molecule has 2 aromatic carbocycles. The number of nitrogens with zero attached hydrogens (tertiary/aromatic N) is 3. The van der Waals surface area contributed by atoms with Crippen LogP contribution in [-0.4, -0.2) is 60.4 Å². The standard InChI is InChI=1S/C25H29N3OS/c1-26(25(21-9-4-2-5-10-21)22-11-6-3-7-12-22)24(29)20-28-16-14-27(15-17-28)19-23-13-8-18-30-23/h2-13,18,25H,14-17,19-20H2,1H3. The number of rotatable bonds is 7. The summed E-state index contributed by atoms with van der Waals surface area (Å²) >= 11 is 1.81. The lowest BCUT2D eigenvalue weighted by atomic mass is 9.97. The number of amides is 1. The van der Waals surface area contributed by atoms with E-state index in [1.165, 1.54) is 4.88 Å². The van der Waals surface area contributed by atoms with Gasteiger partial charge in [-0.25, -0.2) is 0 Å². The van der Waals surface area contributed by atoms with E-state index in [9.17, 15) is 4.79 Å². The maximum Gasteiger partial charge on any atom is 0.237 e. The zero-order chi connectivity index (χ0) is 20.8. The first kappa shape index (κ1) is 20.8. The molecule has 1 aliphatic rings. The van der Waals surface area contributed by atoms with E-state index < -0.39 is 0 Å². The van der Waals surface area contributed by atoms with Gasteiger partial charge in [-0.3, -0.25) is 14.6 Å². The molecule has 0 bridgehead atoms. The molecule has 5 heteroatoms. The van der Waals surface area contributed by atoms with E-state index in [4.69, 9.17) is 0 Å². The van der Waals surface area contributed by atoms with Crippen LogP contribution in [0.1, 0.15) is 22.0 Å². The predicted octanol–water partition coefficient (Wildman–Crippen LogP) is 4.11. The second-order valence-electron chi connectivity index (χ2n) is 7.86. The van der Waals surface area contributed by atoms with E-state index in [1.807, 2.05) is 59.7 Å². The summed E-state index contributed by atoms with van der Waals surface area (Å²) in [6.07, 6.45) is 0. The summed E-state index contributed by atoms with van der Waals surface area (Å²) in [5, 5.41) is 2.13. The van der Waals surface area contributed by atoms with Crippen LogP contribution in [0.25, 0.3) is 0 Å². The summed E-state index contributed by atoms with van der Waals surface area (Å²) in [5.74, 6) is 0.166. The van der Waals surface area contributed by atoms with Crippen molar-refractivity contribution in [3.05, 3.63) is 94.2 Å². The summed E-state index contributed by atoms with van der Waals surface area (Å²) in [5.41, 5.74) is 2.28. The molecule has 1 fully saturated rings. The molecule has 0 unspecified atom stereocenters. The third kappa shape index (κ3) is 5.17. The molecule has 30 heavy (non-hydrogen) atoms. The lowest BCUT2D eigenvalue weighted by molar-refractivity contribution is -0.133. The first-order chi connectivity index (χ1) is 14.7. The second kappa shape index (κ2) is 10.0. The number of benzene rings is 2. The predicted molar refractivity (Wildman–Crippen MR) is 124 cm³/mol. The maximum atomic E-state index is 13.2. The average Bonchev–Trinajstić information content (AvgIpc) is 3.30. The maximum absolute atomic E-state index is 13.2. The Morgan fingerprint density at radius 1 is 0.867 bits per heavy atom. The Morgan fingerprint density at radius 3 is 1.97 bits per heavy atom. The fourth-order valence-corrected chi connectivity index (χ4v) is 4.83. The van der Waals surface area contributed by atoms with Crippen molar-refractivity contribution >= 4 is 17.2 Å². The molecule has 1 amide bonds. The molecule has 4 nitrogen and oxygen atoms in total. The van der Waals surface area contributed by atoms with E-state index in [1.54, 1.807) is 0 Å². The number of likely N-dealkylation sites (N-methyl/N-ethyl adjacent to an activating group) is 1. The van der Waals surface area contributed by atoms with Gasteiger partial charge in [0.2, 0.25) is 5.91 Å². The molecule has 1 aliphatic heterocycles. The molecule has 4 rings (SSSR count). The lowest BCUT2D eigenvalue weighted by Gasteiger charge is -2.36. The zero-order valence-corrected chi connectivity index (χ0v) is 18.3. The largest absolute Gasteiger partial charge is 0.334 e. The van der Waals surface area contributed by atoms with Crippen LogP contribution in [-0.2, 0) is 11.3 Å². The van der Waals surface area contributed by atoms with Gasteiger partial charge in [-0.15, -0.1) is 11.3 Å². The summed E-state index contributed by atoms with van der Waals surface area (Å²) < 4.78 is 0. The van der Waals surface area contributed by atoms with E-state index in [2.05, 4.69) is 51.6 Å². The van der Waals surface area contributed by atoms with E-state index in [0.29, 0.717) is 6.54 Å². The molecule has 0 spiro atoms. The summed E-state index contributed by atoms with van der Waals surface area (Å²) in [6, 6.07) is 24.8. The molecule has 1 saturated heterocycles. The van der Waals surface area contributed by atoms with Crippen molar-refractivity contribution in [3.63, 3.8) is 0 Å². The molecular formula is C25H29N3OS. The smallest absolute Gasteiger partial charge is 0.237 e. The van der Waals surface area contributed by atoms with Gasteiger partial charge in [0.05, 0.1) is 12.6 Å². The zero-order valence-electron chi connectivity index (χ0n) is 17.5. The first-order valence-electron chi connectivity index (χ1n) is 10.5. The number of hydrogen-bond acceptors (Lipinski definition) is 4. The Morgan fingerprint density at radius 2 is 1.43 bits per heavy atom. The molecule has 0 N–H and O–H groups in total. The molecule has 1 aromatic heterocycles. The molecular weight excluding hydrogens is 390 g/mol. The highest BCUT2D eigenvalue weighted by Crippen LogP contribution is 2.27. The topological polar surface area (TPSA) is 26.8 Å². The summed E-state index contributed by atoms with van der Waals surface area (Å²) in [4.78, 5) is 21.3. The van der Waals surface area contributed by atoms with Crippen molar-refractivity contribution in [3.8, 4) is 0 Å². The van der Waals surface area contributed by atoms with Crippen molar-refractivity contribution in [2.45, 2.75) is 12.6 Å². The number of piperazine rings is 1. The molecule has 0 saturated carbocycles. The number of thiophene rings is 1. The minimum absolute atomic E-state index is 0.0694. The second-order valence-corrected chi connectivity index (χ2v) is 8.89. The van der Waals surface area contributed by atoms with Gasteiger partial charge >= 0.3 is 0 Å². The lowest BCUT2D eigenvalue weighted by Crippen LogP contribution is -2.49. The van der Waals surface area contributed by atoms with E-state index in [-0.39, 0.29) is 11.9 Å². The van der Waals surface area contributed by atoms with E-state index >= 15 is 0 Å². The van der Waals surface area contributed by atoms with Gasteiger partial charge in [0.1, 0.15) is 0 Å². The van der Waals surface area contributed by atoms with Gasteiger partial charge in [-0.05, 0) is 22.6 Å². The molecule has 3 aromatic rings. The van der Waals surface area contributed by atoms with Gasteiger partial charge in [-0.2, -0.15) is 0 Å². The quantitative estimate of drug-likeness (QED) is 0.577. The van der Waals surface area contributed by atoms with Gasteiger partial charge in [0.25, 0.3) is 0 Å². The third-order valence-electron chi connectivity index (χ3n) is 5.79. The molecule has 0 atom stereocenters. The van der Waals surface area contributed by atoms with Crippen molar-refractivity contribution in [2.24, 2.45) is 0 Å². The summed E-state index contributed by atoms with van der Waals surface area (Å²) in [6.45, 7) is 5.38. The van der Waals surface area contributed by atoms with E-state index in [0.717, 1.165) is 43.9 Å². The Bertz CT molecular complexity index is 867. The van der Waals surface area contributed by atoms with Crippen LogP contribution < -0.4 is 0 Å². The monoisotopic (exact) mass is 419 g/mol. The van der Waals surface area contributed by atoms with Gasteiger partial charge in [-0.1, -0.05) is 66.7 Å². The van der Waals surface area contributed by atoms with Crippen LogP contribution in [0.5, 0.6) is 0 Å². The van der Waals surface area contributed by atoms with Crippen LogP contribution in [0.3, 0.4) is 0 Å². The first-order valence-corrected chi connectivity index (χ1v) is 11.4. The minimum Gasteiger partial charge on any atom is -0.334 e. The Kier molecular flexibility index (Phi) is 6.95. The van der Waals surface area contributed by atoms with Crippen molar-refractivity contribution in [1.29, 1.82) is 0 Å². The molecule has 156 valence electrons. The minimum atomic E-state index is -0.0694. The van der Waals surface area contributed by atoms with Gasteiger partial charge in [0, 0.05) is 44.6 Å². The van der Waals surface area contributed by atoms with Gasteiger partial charge in [0.15, 0.2) is 0 Å². The van der Waals surface area contributed by atoms with Crippen molar-refractivity contribution in [1.82, 2.24) is 14.7 Å². The molecule has 2 heterocycles. The Hall–Kier alpha value is -2.47. The highest BCUT2D eigenvalue weighted by atomic mass is 32.1. The van der Waals surface area contributed by atoms with Crippen LogP contribution in [0, 0.1) is 0 Å². The fraction of sp³-hybridized carbons (Fsp3) is 0.320. The van der Waals surface area contributed by atoms with Crippen molar-refractivity contribution in [2.75, 3.05) is 39.8 Å². The van der Waals surface area contributed by atoms with Crippen LogP contribution in [0.15, 0.2) is 78.2 Å². The fourth-order valence-electron chi connectivity index (χ4n) is 4.09. The van der Waals surface area contributed by atoms with Gasteiger partial charge < -0.3 is 4.90 Å². The Labute approximate surface area is 183 Å². The SMILES string of the molecule is CN(C(=O)CN1CCN(Cc2cccs2)CC1)C(c1ccccc1)c1ccccc1. The molecule has 0 radical (unpaired) electrons. The highest BCUT2D eigenvalue weighted by molar-refractivity contribution is 7.09. The number of carbonyl (C=O) groups is 1. The molecule has 0 aliphatic carbocycles.